The maximum atomic E-state index is 12.9. The number of hydrogen-bond acceptors (Lipinski definition) is 6. The van der Waals surface area contributed by atoms with Crippen LogP contribution in [-0.2, 0) is 6.18 Å². The van der Waals surface area contributed by atoms with Crippen LogP contribution in [0.4, 0.5) is 24.9 Å². The molecule has 4 aromatic rings. The predicted molar refractivity (Wildman–Crippen MR) is 108 cm³/mol. The zero-order valence-corrected chi connectivity index (χ0v) is 16.6. The third kappa shape index (κ3) is 4.29. The van der Waals surface area contributed by atoms with Crippen LogP contribution < -0.4 is 10.7 Å². The van der Waals surface area contributed by atoms with Gasteiger partial charge in [-0.05, 0) is 37.3 Å². The van der Waals surface area contributed by atoms with Crippen LogP contribution in [0.2, 0.25) is 5.02 Å². The fourth-order valence-electron chi connectivity index (χ4n) is 2.83. The average molecular weight is 448 g/mol. The van der Waals surface area contributed by atoms with E-state index in [-0.39, 0.29) is 23.3 Å². The summed E-state index contributed by atoms with van der Waals surface area (Å²) in [5, 5.41) is 14.8. The molecular formula is C20H13ClF3N5O2. The topological polar surface area (TPSA) is 85.8 Å². The first-order valence-electron chi connectivity index (χ1n) is 8.86. The molecule has 2 heterocycles. The van der Waals surface area contributed by atoms with Gasteiger partial charge in [0.15, 0.2) is 5.69 Å². The number of aromatic nitrogens is 4. The summed E-state index contributed by atoms with van der Waals surface area (Å²) in [4.78, 5) is 12.4. The minimum Gasteiger partial charge on any atom is -0.401 e. The summed E-state index contributed by atoms with van der Waals surface area (Å²) in [5.74, 6) is -0.194. The van der Waals surface area contributed by atoms with Crippen molar-refractivity contribution in [3.63, 3.8) is 0 Å². The molecule has 0 spiro atoms. The first-order chi connectivity index (χ1) is 14.7. The number of hydrogen-bond donors (Lipinski definition) is 1. The summed E-state index contributed by atoms with van der Waals surface area (Å²) >= 11 is 6.23. The van der Waals surface area contributed by atoms with Crippen LogP contribution in [0.3, 0.4) is 0 Å². The number of rotatable bonds is 4. The van der Waals surface area contributed by atoms with E-state index in [4.69, 9.17) is 16.0 Å². The second kappa shape index (κ2) is 7.88. The Morgan fingerprint density at radius 2 is 1.84 bits per heavy atom. The Balaban J connectivity index is 1.68. The third-order valence-corrected chi connectivity index (χ3v) is 4.58. The Labute approximate surface area is 178 Å². The molecule has 7 nitrogen and oxygen atoms in total. The van der Waals surface area contributed by atoms with Gasteiger partial charge in [-0.2, -0.15) is 18.3 Å². The summed E-state index contributed by atoms with van der Waals surface area (Å²) in [7, 11) is 0. The molecule has 0 fully saturated rings. The molecule has 0 aliphatic rings. The number of anilines is 2. The van der Waals surface area contributed by atoms with Gasteiger partial charge in [0.25, 0.3) is 5.89 Å². The highest BCUT2D eigenvalue weighted by Gasteiger charge is 2.30. The van der Waals surface area contributed by atoms with Gasteiger partial charge in [0.1, 0.15) is 0 Å². The molecule has 158 valence electrons. The van der Waals surface area contributed by atoms with Crippen molar-refractivity contribution in [1.82, 2.24) is 20.0 Å². The Morgan fingerprint density at radius 1 is 1.06 bits per heavy atom. The lowest BCUT2D eigenvalue weighted by Gasteiger charge is -2.11. The molecule has 2 aromatic heterocycles. The molecule has 0 radical (unpaired) electrons. The van der Waals surface area contributed by atoms with E-state index in [1.807, 2.05) is 0 Å². The normalized spacial score (nSPS) is 11.5. The van der Waals surface area contributed by atoms with Crippen LogP contribution in [0.15, 0.2) is 63.8 Å². The van der Waals surface area contributed by atoms with Crippen LogP contribution in [-0.4, -0.2) is 20.0 Å². The second-order valence-electron chi connectivity index (χ2n) is 6.48. The molecule has 0 bridgehead atoms. The summed E-state index contributed by atoms with van der Waals surface area (Å²) < 4.78 is 45.5. The lowest BCUT2D eigenvalue weighted by molar-refractivity contribution is -0.137. The standard InChI is InChI=1S/C20H13ClF3N5O2/c1-11-9-16(30)17(28-29(11)15-8-3-2-7-14(15)21)18-26-27-19(31-18)25-13-6-4-5-12(10-13)20(22,23)24/h2-10H,1H3,(H,25,27). The molecule has 4 rings (SSSR count). The van der Waals surface area contributed by atoms with Crippen molar-refractivity contribution < 1.29 is 17.6 Å². The van der Waals surface area contributed by atoms with Crippen LogP contribution in [0.5, 0.6) is 0 Å². The van der Waals surface area contributed by atoms with Gasteiger partial charge in [-0.25, -0.2) is 4.68 Å². The van der Waals surface area contributed by atoms with E-state index in [9.17, 15) is 18.0 Å². The first-order valence-corrected chi connectivity index (χ1v) is 9.24. The maximum absolute atomic E-state index is 12.9. The minimum absolute atomic E-state index is 0.0929. The lowest BCUT2D eigenvalue weighted by atomic mass is 10.2. The van der Waals surface area contributed by atoms with Gasteiger partial charge in [-0.1, -0.05) is 34.9 Å². The number of aryl methyl sites for hydroxylation is 1. The average Bonchev–Trinajstić information content (AvgIpc) is 3.16. The zero-order chi connectivity index (χ0) is 22.2. The maximum Gasteiger partial charge on any atom is 0.416 e. The number of benzene rings is 2. The van der Waals surface area contributed by atoms with Crippen LogP contribution >= 0.6 is 11.6 Å². The van der Waals surface area contributed by atoms with Crippen molar-refractivity contribution in [2.45, 2.75) is 13.1 Å². The Hall–Kier alpha value is -3.66. The molecule has 11 heteroatoms. The highest BCUT2D eigenvalue weighted by Crippen LogP contribution is 2.31. The summed E-state index contributed by atoms with van der Waals surface area (Å²) in [6, 6.07) is 12.6. The van der Waals surface area contributed by atoms with Crippen molar-refractivity contribution in [3.05, 3.63) is 81.1 Å². The Morgan fingerprint density at radius 3 is 2.58 bits per heavy atom. The zero-order valence-electron chi connectivity index (χ0n) is 15.8. The van der Waals surface area contributed by atoms with Crippen LogP contribution in [0.25, 0.3) is 17.3 Å². The largest absolute Gasteiger partial charge is 0.416 e. The Bertz CT molecular complexity index is 1320. The van der Waals surface area contributed by atoms with Crippen molar-refractivity contribution in [2.24, 2.45) is 0 Å². The molecule has 0 saturated heterocycles. The third-order valence-electron chi connectivity index (χ3n) is 4.26. The number of halogens is 4. The predicted octanol–water partition coefficient (Wildman–Crippen LogP) is 5.01. The molecule has 1 N–H and O–H groups in total. The van der Waals surface area contributed by atoms with Gasteiger partial charge in [0, 0.05) is 17.4 Å². The molecule has 2 aromatic carbocycles. The molecule has 31 heavy (non-hydrogen) atoms. The van der Waals surface area contributed by atoms with E-state index >= 15 is 0 Å². The highest BCUT2D eigenvalue weighted by molar-refractivity contribution is 6.32. The van der Waals surface area contributed by atoms with Crippen LogP contribution in [0, 0.1) is 6.92 Å². The molecule has 0 aliphatic carbocycles. The van der Waals surface area contributed by atoms with Gasteiger partial charge < -0.3 is 9.73 Å². The molecule has 0 atom stereocenters. The van der Waals surface area contributed by atoms with Gasteiger partial charge in [0.2, 0.25) is 5.43 Å². The molecular weight excluding hydrogens is 435 g/mol. The Kier molecular flexibility index (Phi) is 5.24. The lowest BCUT2D eigenvalue weighted by Crippen LogP contribution is -2.16. The fourth-order valence-corrected chi connectivity index (χ4v) is 3.04. The van der Waals surface area contributed by atoms with E-state index in [1.54, 1.807) is 31.2 Å². The monoisotopic (exact) mass is 447 g/mol. The summed E-state index contributed by atoms with van der Waals surface area (Å²) in [5.41, 5.74) is -0.256. The van der Waals surface area contributed by atoms with E-state index in [2.05, 4.69) is 20.6 Å². The molecule has 0 unspecified atom stereocenters. The minimum atomic E-state index is -4.49. The van der Waals surface area contributed by atoms with E-state index in [1.165, 1.54) is 22.9 Å². The highest BCUT2D eigenvalue weighted by atomic mass is 35.5. The fraction of sp³-hybridized carbons (Fsp3) is 0.100. The van der Waals surface area contributed by atoms with E-state index in [0.29, 0.717) is 16.4 Å². The van der Waals surface area contributed by atoms with Crippen molar-refractivity contribution in [2.75, 3.05) is 5.32 Å². The number of nitrogens with zero attached hydrogens (tertiary/aromatic N) is 4. The van der Waals surface area contributed by atoms with Crippen molar-refractivity contribution in [3.8, 4) is 17.3 Å². The number of para-hydroxylation sites is 1. The molecule has 0 saturated carbocycles. The molecule has 0 aliphatic heterocycles. The molecule has 0 amide bonds. The van der Waals surface area contributed by atoms with Gasteiger partial charge in [0.05, 0.1) is 16.3 Å². The summed E-state index contributed by atoms with van der Waals surface area (Å²) in [6.07, 6.45) is -4.49. The van der Waals surface area contributed by atoms with E-state index in [0.717, 1.165) is 12.1 Å². The summed E-state index contributed by atoms with van der Waals surface area (Å²) in [6.45, 7) is 1.69. The van der Waals surface area contributed by atoms with Crippen LogP contribution in [0.1, 0.15) is 11.3 Å². The van der Waals surface area contributed by atoms with Gasteiger partial charge in [-0.15, -0.1) is 5.10 Å². The van der Waals surface area contributed by atoms with Crippen molar-refractivity contribution in [1.29, 1.82) is 0 Å². The van der Waals surface area contributed by atoms with E-state index < -0.39 is 17.2 Å². The number of alkyl halides is 3. The van der Waals surface area contributed by atoms with Crippen molar-refractivity contribution >= 4 is 23.3 Å². The smallest absolute Gasteiger partial charge is 0.401 e. The first kappa shape index (κ1) is 20.6. The SMILES string of the molecule is Cc1cc(=O)c(-c2nnc(Nc3cccc(C(F)(F)F)c3)o2)nn1-c1ccccc1Cl. The second-order valence-corrected chi connectivity index (χ2v) is 6.88. The van der Waals surface area contributed by atoms with Gasteiger partial charge >= 0.3 is 12.2 Å². The quantitative estimate of drug-likeness (QED) is 0.473. The van der Waals surface area contributed by atoms with Gasteiger partial charge in [-0.3, -0.25) is 4.79 Å². The number of nitrogens with one attached hydrogen (secondary N) is 1.